The molecule has 9 nitrogen and oxygen atoms in total. The van der Waals surface area contributed by atoms with E-state index >= 15 is 0 Å². The summed E-state index contributed by atoms with van der Waals surface area (Å²) in [6, 6.07) is 0. The van der Waals surface area contributed by atoms with Gasteiger partial charge in [-0.2, -0.15) is 0 Å². The maximum Gasteiger partial charge on any atom is 0.410 e. The van der Waals surface area contributed by atoms with Gasteiger partial charge in [-0.1, -0.05) is 6.08 Å². The summed E-state index contributed by atoms with van der Waals surface area (Å²) in [7, 11) is -3.36. The Kier molecular flexibility index (Phi) is 6.98. The number of halogens is 1. The largest absolute Gasteiger partial charge is 0.466 e. The number of rotatable bonds is 5. The number of carbonyl (C=O) groups is 1. The molecule has 35 heavy (non-hydrogen) atoms. The summed E-state index contributed by atoms with van der Waals surface area (Å²) in [5.41, 5.74) is 0.162. The van der Waals surface area contributed by atoms with Crippen molar-refractivity contribution >= 4 is 37.8 Å². The summed E-state index contributed by atoms with van der Waals surface area (Å²) in [5.74, 6) is -0.324. The number of amides is 1. The maximum atomic E-state index is 14.6. The molecule has 0 spiro atoms. The van der Waals surface area contributed by atoms with E-state index in [4.69, 9.17) is 9.47 Å². The lowest BCUT2D eigenvalue weighted by molar-refractivity contribution is 0.0120. The first-order valence-electron chi connectivity index (χ1n) is 11.6. The summed E-state index contributed by atoms with van der Waals surface area (Å²) < 4.78 is 51.1. The van der Waals surface area contributed by atoms with Gasteiger partial charge in [0, 0.05) is 24.9 Å². The number of sulfone groups is 1. The van der Waals surface area contributed by atoms with E-state index in [1.807, 2.05) is 27.7 Å². The predicted octanol–water partition coefficient (Wildman–Crippen LogP) is 4.26. The molecule has 0 radical (unpaired) electrons. The van der Waals surface area contributed by atoms with Crippen LogP contribution >= 0.6 is 11.3 Å². The van der Waals surface area contributed by atoms with Crippen molar-refractivity contribution in [1.82, 2.24) is 19.5 Å². The number of hydrogen-bond donors (Lipinski definition) is 0. The molecule has 2 unspecified atom stereocenters. The second-order valence-corrected chi connectivity index (χ2v) is 13.3. The third-order valence-electron chi connectivity index (χ3n) is 6.14. The van der Waals surface area contributed by atoms with E-state index in [-0.39, 0.29) is 30.1 Å². The summed E-state index contributed by atoms with van der Waals surface area (Å²) >= 11 is 1.26. The van der Waals surface area contributed by atoms with Gasteiger partial charge < -0.3 is 14.4 Å². The van der Waals surface area contributed by atoms with E-state index in [1.54, 1.807) is 21.7 Å². The van der Waals surface area contributed by atoms with Crippen LogP contribution in [-0.4, -0.2) is 70.3 Å². The number of piperidine rings is 1. The Bertz CT molecular complexity index is 1240. The monoisotopic (exact) mass is 526 g/mol. The number of allylic oxidation sites excluding steroid dienone is 3. The van der Waals surface area contributed by atoms with Crippen molar-refractivity contribution in [2.45, 2.75) is 63.9 Å². The number of fused-ring (bicyclic) bond motifs is 1. The molecular weight excluding hydrogens is 495 g/mol. The van der Waals surface area contributed by atoms with Crippen LogP contribution in [0.5, 0.6) is 5.19 Å². The molecule has 1 saturated heterocycles. The van der Waals surface area contributed by atoms with E-state index in [0.29, 0.717) is 28.9 Å². The molecule has 2 aliphatic rings. The minimum absolute atomic E-state index is 0.0968. The van der Waals surface area contributed by atoms with Crippen LogP contribution in [0.25, 0.3) is 10.5 Å². The number of nitrogens with zero attached hydrogens (tertiary/aromatic N) is 4. The Morgan fingerprint density at radius 3 is 2.54 bits per heavy atom. The molecule has 1 amide bonds. The minimum Gasteiger partial charge on any atom is -0.466 e. The fourth-order valence-electron chi connectivity index (χ4n) is 4.17. The van der Waals surface area contributed by atoms with Crippen molar-refractivity contribution in [3.8, 4) is 5.19 Å². The molecule has 12 heteroatoms. The topological polar surface area (TPSA) is 103 Å². The maximum absolute atomic E-state index is 14.6. The van der Waals surface area contributed by atoms with Crippen LogP contribution in [0.1, 0.15) is 52.7 Å². The molecule has 1 aliphatic heterocycles. The molecule has 2 aromatic rings. The first kappa shape index (κ1) is 25.6. The summed E-state index contributed by atoms with van der Waals surface area (Å²) in [6.45, 7) is 8.80. The minimum atomic E-state index is -3.36. The molecule has 3 heterocycles. The molecule has 2 atom stereocenters. The molecule has 0 N–H and O–H groups in total. The normalized spacial score (nSPS) is 21.0. The van der Waals surface area contributed by atoms with Crippen LogP contribution < -0.4 is 4.74 Å². The van der Waals surface area contributed by atoms with Gasteiger partial charge in [0.25, 0.3) is 5.19 Å². The Morgan fingerprint density at radius 2 is 1.97 bits per heavy atom. The zero-order valence-electron chi connectivity index (χ0n) is 20.5. The Balaban J connectivity index is 1.35. The Labute approximate surface area is 208 Å². The Hall–Kier alpha value is -2.47. The summed E-state index contributed by atoms with van der Waals surface area (Å²) in [5, 5.41) is 4.04. The van der Waals surface area contributed by atoms with E-state index < -0.39 is 26.5 Å². The van der Waals surface area contributed by atoms with E-state index in [1.165, 1.54) is 11.3 Å². The number of carbonyl (C=O) groups excluding carboxylic acids is 1. The molecule has 2 aromatic heterocycles. The highest BCUT2D eigenvalue weighted by Crippen LogP contribution is 2.33. The number of aromatic nitrogens is 3. The third-order valence-corrected chi connectivity index (χ3v) is 8.38. The molecule has 1 fully saturated rings. The number of hydrogen-bond acceptors (Lipinski definition) is 8. The van der Waals surface area contributed by atoms with E-state index in [2.05, 4.69) is 10.1 Å². The first-order valence-corrected chi connectivity index (χ1v) is 14.3. The number of ether oxygens (including phenoxy) is 2. The number of likely N-dealkylation sites (tertiary alicyclic amines) is 1. The highest BCUT2D eigenvalue weighted by atomic mass is 32.2. The average molecular weight is 527 g/mol. The third kappa shape index (κ3) is 6.03. The van der Waals surface area contributed by atoms with Gasteiger partial charge in [-0.15, -0.1) is 5.10 Å². The van der Waals surface area contributed by atoms with Gasteiger partial charge in [-0.3, -0.25) is 0 Å². The molecule has 4 rings (SSSR count). The van der Waals surface area contributed by atoms with Gasteiger partial charge in [0.2, 0.25) is 4.96 Å². The van der Waals surface area contributed by atoms with Crippen molar-refractivity contribution in [2.75, 3.05) is 19.3 Å². The standard InChI is InChI=1S/C23H31FN4O5S2/c1-14(15-8-10-27(11-9-15)22(29)33-23(2,3)4)32-21-26-28-13-19(25-20(28)34-21)17-7-6-16(12-18(17)24)35(5,30)31/h7,12-16H,6,8-11H2,1-5H3. The van der Waals surface area contributed by atoms with Gasteiger partial charge in [-0.05, 0) is 70.3 Å². The summed E-state index contributed by atoms with van der Waals surface area (Å²) in [4.78, 5) is 19.0. The van der Waals surface area contributed by atoms with Crippen LogP contribution in [-0.2, 0) is 14.6 Å². The van der Waals surface area contributed by atoms with Gasteiger partial charge in [0.15, 0.2) is 9.84 Å². The highest BCUT2D eigenvalue weighted by Gasteiger charge is 2.31. The second kappa shape index (κ2) is 9.53. The zero-order chi connectivity index (χ0) is 25.5. The van der Waals surface area contributed by atoms with Gasteiger partial charge in [0.1, 0.15) is 17.5 Å². The van der Waals surface area contributed by atoms with Crippen molar-refractivity contribution in [3.05, 3.63) is 29.9 Å². The highest BCUT2D eigenvalue weighted by molar-refractivity contribution is 7.91. The fraction of sp³-hybridized carbons (Fsp3) is 0.609. The Morgan fingerprint density at radius 1 is 1.29 bits per heavy atom. The average Bonchev–Trinajstić information content (AvgIpc) is 3.30. The van der Waals surface area contributed by atoms with Crippen molar-refractivity contribution < 1.29 is 27.1 Å². The fourth-order valence-corrected chi connectivity index (χ4v) is 5.80. The number of imidazole rings is 1. The van der Waals surface area contributed by atoms with E-state index in [0.717, 1.165) is 25.2 Å². The molecule has 0 bridgehead atoms. The quantitative estimate of drug-likeness (QED) is 0.574. The second-order valence-electron chi connectivity index (χ2n) is 10.1. The van der Waals surface area contributed by atoms with Crippen LogP contribution in [0.4, 0.5) is 9.18 Å². The summed E-state index contributed by atoms with van der Waals surface area (Å²) in [6.07, 6.45) is 6.86. The molecule has 192 valence electrons. The molecule has 0 aromatic carbocycles. The van der Waals surface area contributed by atoms with Crippen LogP contribution in [0, 0.1) is 5.92 Å². The lowest BCUT2D eigenvalue weighted by Crippen LogP contribution is -2.44. The van der Waals surface area contributed by atoms with Crippen LogP contribution in [0.2, 0.25) is 0 Å². The molecule has 0 saturated carbocycles. The van der Waals surface area contributed by atoms with Crippen LogP contribution in [0.3, 0.4) is 0 Å². The zero-order valence-corrected chi connectivity index (χ0v) is 22.2. The predicted molar refractivity (Wildman–Crippen MR) is 132 cm³/mol. The van der Waals surface area contributed by atoms with E-state index in [9.17, 15) is 17.6 Å². The van der Waals surface area contributed by atoms with Crippen molar-refractivity contribution in [3.63, 3.8) is 0 Å². The first-order chi connectivity index (χ1) is 16.3. The van der Waals surface area contributed by atoms with Crippen LogP contribution in [0.15, 0.2) is 24.2 Å². The van der Waals surface area contributed by atoms with Gasteiger partial charge in [0.05, 0.1) is 17.1 Å². The molecular formula is C23H31FN4O5S2. The van der Waals surface area contributed by atoms with Gasteiger partial charge in [-0.25, -0.2) is 27.1 Å². The molecule has 1 aliphatic carbocycles. The van der Waals surface area contributed by atoms with Gasteiger partial charge >= 0.3 is 6.09 Å². The van der Waals surface area contributed by atoms with Crippen molar-refractivity contribution in [1.29, 1.82) is 0 Å². The SMILES string of the molecule is CC(Oc1nn2cc(C3=CCC(S(C)(=O)=O)C=C3F)nc2s1)C1CCN(C(=O)OC(C)(C)C)CC1. The lowest BCUT2D eigenvalue weighted by Gasteiger charge is -2.35. The van der Waals surface area contributed by atoms with Crippen molar-refractivity contribution in [2.24, 2.45) is 5.92 Å². The lowest BCUT2D eigenvalue weighted by atomic mass is 9.92. The smallest absolute Gasteiger partial charge is 0.410 e.